The number of aromatic nitrogens is 1. The van der Waals surface area contributed by atoms with E-state index in [4.69, 9.17) is 4.99 Å². The van der Waals surface area contributed by atoms with Crippen molar-refractivity contribution in [3.63, 3.8) is 0 Å². The van der Waals surface area contributed by atoms with Crippen molar-refractivity contribution in [2.24, 2.45) is 10.1 Å². The van der Waals surface area contributed by atoms with Crippen molar-refractivity contribution in [3.8, 4) is 17.0 Å². The minimum absolute atomic E-state index is 0.181. The van der Waals surface area contributed by atoms with Crippen LogP contribution in [0.25, 0.3) is 11.3 Å². The van der Waals surface area contributed by atoms with Crippen LogP contribution in [0.1, 0.15) is 37.7 Å². The van der Waals surface area contributed by atoms with Gasteiger partial charge in [-0.3, -0.25) is 4.99 Å². The Kier molecular flexibility index (Phi) is 5.67. The van der Waals surface area contributed by atoms with Gasteiger partial charge in [0.15, 0.2) is 0 Å². The second kappa shape index (κ2) is 8.52. The molecule has 1 N–H and O–H groups in total. The number of halogens is 1. The predicted octanol–water partition coefficient (Wildman–Crippen LogP) is 5.18. The van der Waals surface area contributed by atoms with Crippen molar-refractivity contribution in [2.75, 3.05) is 0 Å². The zero-order valence-electron chi connectivity index (χ0n) is 15.5. The fraction of sp³-hybridized carbons (Fsp3) is 0.273. The summed E-state index contributed by atoms with van der Waals surface area (Å²) in [7, 11) is 0. The van der Waals surface area contributed by atoms with E-state index in [9.17, 15) is 9.50 Å². The molecule has 1 aliphatic rings. The lowest BCUT2D eigenvalue weighted by Crippen LogP contribution is -2.19. The fourth-order valence-electron chi connectivity index (χ4n) is 3.45. The van der Waals surface area contributed by atoms with Crippen LogP contribution in [0, 0.1) is 5.82 Å². The molecule has 0 spiro atoms. The number of phenolic OH excluding ortho intramolecular Hbond substituents is 1. The van der Waals surface area contributed by atoms with Crippen LogP contribution < -0.4 is 4.80 Å². The van der Waals surface area contributed by atoms with Crippen LogP contribution in [0.15, 0.2) is 64.0 Å². The molecule has 0 saturated heterocycles. The van der Waals surface area contributed by atoms with Crippen molar-refractivity contribution in [3.05, 3.63) is 70.1 Å². The van der Waals surface area contributed by atoms with Gasteiger partial charge >= 0.3 is 0 Å². The summed E-state index contributed by atoms with van der Waals surface area (Å²) in [6, 6.07) is 13.9. The molecule has 0 amide bonds. The van der Waals surface area contributed by atoms with Crippen LogP contribution in [0.3, 0.4) is 0 Å². The summed E-state index contributed by atoms with van der Waals surface area (Å²) in [5.74, 6) is -0.105. The molecule has 1 aliphatic carbocycles. The number of rotatable bonds is 4. The SMILES string of the molecule is Oc1cccc(C=Nn2c(-c3ccccc3F)csc2=NC2CCCCC2)c1. The molecule has 1 saturated carbocycles. The topological polar surface area (TPSA) is 49.9 Å². The third-order valence-electron chi connectivity index (χ3n) is 4.90. The van der Waals surface area contributed by atoms with E-state index in [1.165, 1.54) is 36.7 Å². The summed E-state index contributed by atoms with van der Waals surface area (Å²) in [5, 5.41) is 16.2. The zero-order chi connectivity index (χ0) is 19.3. The van der Waals surface area contributed by atoms with Crippen LogP contribution in [-0.4, -0.2) is 22.0 Å². The number of hydrogen-bond donors (Lipinski definition) is 1. The van der Waals surface area contributed by atoms with Crippen molar-refractivity contribution >= 4 is 17.6 Å². The minimum atomic E-state index is -0.286. The minimum Gasteiger partial charge on any atom is -0.508 e. The molecule has 144 valence electrons. The van der Waals surface area contributed by atoms with Crippen LogP contribution in [0.4, 0.5) is 4.39 Å². The summed E-state index contributed by atoms with van der Waals surface area (Å²) >= 11 is 1.48. The molecule has 0 atom stereocenters. The Balaban J connectivity index is 1.79. The Bertz CT molecular complexity index is 1050. The molecule has 28 heavy (non-hydrogen) atoms. The van der Waals surface area contributed by atoms with E-state index in [0.29, 0.717) is 17.3 Å². The molecule has 3 aromatic rings. The number of thiazole rings is 1. The lowest BCUT2D eigenvalue weighted by molar-refractivity contribution is 0.435. The van der Waals surface area contributed by atoms with Gasteiger partial charge in [-0.15, -0.1) is 11.3 Å². The number of aromatic hydroxyl groups is 1. The summed E-state index contributed by atoms with van der Waals surface area (Å²) in [6.45, 7) is 0. The van der Waals surface area contributed by atoms with E-state index in [1.807, 2.05) is 17.5 Å². The van der Waals surface area contributed by atoms with Crippen molar-refractivity contribution in [2.45, 2.75) is 38.1 Å². The van der Waals surface area contributed by atoms with Gasteiger partial charge in [-0.1, -0.05) is 43.5 Å². The average molecular weight is 396 g/mol. The van der Waals surface area contributed by atoms with Crippen LogP contribution in [-0.2, 0) is 0 Å². The second-order valence-electron chi connectivity index (χ2n) is 6.96. The highest BCUT2D eigenvalue weighted by atomic mass is 32.1. The molecule has 4 rings (SSSR count). The Morgan fingerprint density at radius 3 is 2.68 bits per heavy atom. The maximum Gasteiger partial charge on any atom is 0.206 e. The van der Waals surface area contributed by atoms with E-state index in [2.05, 4.69) is 5.10 Å². The van der Waals surface area contributed by atoms with Gasteiger partial charge in [0, 0.05) is 10.9 Å². The summed E-state index contributed by atoms with van der Waals surface area (Å²) in [4.78, 5) is 5.68. The summed E-state index contributed by atoms with van der Waals surface area (Å²) < 4.78 is 16.1. The molecule has 2 aromatic carbocycles. The van der Waals surface area contributed by atoms with Gasteiger partial charge in [0.05, 0.1) is 18.0 Å². The van der Waals surface area contributed by atoms with Gasteiger partial charge in [0.1, 0.15) is 11.6 Å². The number of benzene rings is 2. The average Bonchev–Trinajstić information content (AvgIpc) is 3.10. The first kappa shape index (κ1) is 18.6. The molecule has 0 aliphatic heterocycles. The highest BCUT2D eigenvalue weighted by molar-refractivity contribution is 7.07. The first-order chi connectivity index (χ1) is 13.7. The monoisotopic (exact) mass is 395 g/mol. The number of hydrogen-bond acceptors (Lipinski definition) is 4. The Hall–Kier alpha value is -2.73. The first-order valence-electron chi connectivity index (χ1n) is 9.53. The number of phenols is 1. The lowest BCUT2D eigenvalue weighted by atomic mass is 9.96. The van der Waals surface area contributed by atoms with Gasteiger partial charge in [0.2, 0.25) is 4.80 Å². The molecule has 4 nitrogen and oxygen atoms in total. The van der Waals surface area contributed by atoms with E-state index < -0.39 is 0 Å². The van der Waals surface area contributed by atoms with Gasteiger partial charge in [-0.2, -0.15) is 5.10 Å². The lowest BCUT2D eigenvalue weighted by Gasteiger charge is -2.16. The molecule has 1 heterocycles. The second-order valence-corrected chi connectivity index (χ2v) is 7.79. The van der Waals surface area contributed by atoms with Gasteiger partial charge in [-0.05, 0) is 42.7 Å². The first-order valence-corrected chi connectivity index (χ1v) is 10.4. The van der Waals surface area contributed by atoms with E-state index in [-0.39, 0.29) is 11.6 Å². The largest absolute Gasteiger partial charge is 0.508 e. The van der Waals surface area contributed by atoms with Crippen LogP contribution >= 0.6 is 11.3 Å². The molecule has 6 heteroatoms. The Morgan fingerprint density at radius 1 is 1.07 bits per heavy atom. The molecule has 1 aromatic heterocycles. The third kappa shape index (κ3) is 4.22. The fourth-order valence-corrected chi connectivity index (χ4v) is 4.35. The third-order valence-corrected chi connectivity index (χ3v) is 5.73. The van der Waals surface area contributed by atoms with Crippen molar-refractivity contribution < 1.29 is 9.50 Å². The van der Waals surface area contributed by atoms with Crippen molar-refractivity contribution in [1.29, 1.82) is 0 Å². The quantitative estimate of drug-likeness (QED) is 0.608. The summed E-state index contributed by atoms with van der Waals surface area (Å²) in [5.41, 5.74) is 1.94. The molecular weight excluding hydrogens is 373 g/mol. The smallest absolute Gasteiger partial charge is 0.206 e. The zero-order valence-corrected chi connectivity index (χ0v) is 16.3. The van der Waals surface area contributed by atoms with Crippen LogP contribution in [0.5, 0.6) is 5.75 Å². The molecular formula is C22H22FN3OS. The molecule has 1 fully saturated rings. The predicted molar refractivity (Wildman–Crippen MR) is 111 cm³/mol. The maximum atomic E-state index is 14.4. The molecule has 0 bridgehead atoms. The van der Waals surface area contributed by atoms with Gasteiger partial charge in [0.25, 0.3) is 0 Å². The van der Waals surface area contributed by atoms with E-state index in [1.54, 1.807) is 41.2 Å². The Morgan fingerprint density at radius 2 is 1.89 bits per heavy atom. The van der Waals surface area contributed by atoms with E-state index >= 15 is 0 Å². The van der Waals surface area contributed by atoms with Gasteiger partial charge < -0.3 is 5.11 Å². The van der Waals surface area contributed by atoms with Gasteiger partial charge in [-0.25, -0.2) is 9.07 Å². The van der Waals surface area contributed by atoms with Crippen molar-refractivity contribution in [1.82, 2.24) is 4.68 Å². The standard InChI is InChI=1S/C22H22FN3OS/c23-20-12-5-4-11-19(20)21-15-28-22(25-17-8-2-1-3-9-17)26(21)24-14-16-7-6-10-18(27)13-16/h4-7,10-15,17,27H,1-3,8-9H2. The van der Waals surface area contributed by atoms with Crippen LogP contribution in [0.2, 0.25) is 0 Å². The molecule has 0 radical (unpaired) electrons. The highest BCUT2D eigenvalue weighted by Gasteiger charge is 2.15. The number of nitrogens with zero attached hydrogens (tertiary/aromatic N) is 3. The molecule has 0 unspecified atom stereocenters. The highest BCUT2D eigenvalue weighted by Crippen LogP contribution is 2.24. The summed E-state index contributed by atoms with van der Waals surface area (Å²) in [6.07, 6.45) is 7.51. The maximum absolute atomic E-state index is 14.4. The Labute approximate surface area is 167 Å². The normalized spacial score (nSPS) is 16.1. The van der Waals surface area contributed by atoms with E-state index in [0.717, 1.165) is 23.2 Å².